The maximum absolute atomic E-state index is 13.2. The van der Waals surface area contributed by atoms with Crippen molar-refractivity contribution in [1.29, 1.82) is 0 Å². The van der Waals surface area contributed by atoms with Gasteiger partial charge in [0.15, 0.2) is 5.78 Å². The zero-order valence-corrected chi connectivity index (χ0v) is 19.0. The third kappa shape index (κ3) is 3.53. The average molecular weight is 434 g/mol. The number of urea groups is 1. The van der Waals surface area contributed by atoms with E-state index in [1.165, 1.54) is 0 Å². The molecule has 3 heterocycles. The molecule has 7 nitrogen and oxygen atoms in total. The van der Waals surface area contributed by atoms with Crippen molar-refractivity contribution in [3.8, 4) is 0 Å². The third-order valence-corrected chi connectivity index (χ3v) is 6.21. The minimum absolute atomic E-state index is 0.273. The van der Waals surface area contributed by atoms with Crippen molar-refractivity contribution in [1.82, 2.24) is 14.8 Å². The molecule has 0 spiro atoms. The lowest BCUT2D eigenvalue weighted by atomic mass is 9.92. The summed E-state index contributed by atoms with van der Waals surface area (Å²) in [6.45, 7) is 9.34. The summed E-state index contributed by atoms with van der Waals surface area (Å²) >= 11 is 0. The number of carbonyl (C=O) groups excluding carboxylic acids is 3. The first-order chi connectivity index (χ1) is 15.1. The van der Waals surface area contributed by atoms with Crippen molar-refractivity contribution >= 4 is 17.7 Å². The highest BCUT2D eigenvalue weighted by molar-refractivity contribution is 6.11. The Balaban J connectivity index is 1.57. The summed E-state index contributed by atoms with van der Waals surface area (Å²) in [5.41, 5.74) is 2.74. The van der Waals surface area contributed by atoms with E-state index in [4.69, 9.17) is 4.42 Å². The van der Waals surface area contributed by atoms with Crippen LogP contribution in [0.4, 0.5) is 4.79 Å². The second kappa shape index (κ2) is 7.82. The van der Waals surface area contributed by atoms with Crippen LogP contribution >= 0.6 is 0 Å². The predicted octanol–water partition coefficient (Wildman–Crippen LogP) is 4.01. The van der Waals surface area contributed by atoms with Gasteiger partial charge in [-0.3, -0.25) is 14.5 Å². The Hall–Kier alpha value is -3.61. The molecule has 7 heteroatoms. The Labute approximate surface area is 187 Å². The van der Waals surface area contributed by atoms with Crippen LogP contribution in [0.5, 0.6) is 0 Å². The summed E-state index contributed by atoms with van der Waals surface area (Å²) in [4.78, 5) is 40.0. The van der Waals surface area contributed by atoms with Crippen LogP contribution in [-0.4, -0.2) is 33.7 Å². The van der Waals surface area contributed by atoms with Crippen molar-refractivity contribution in [2.45, 2.75) is 46.7 Å². The number of nitrogens with one attached hydrogen (secondary N) is 1. The van der Waals surface area contributed by atoms with E-state index >= 15 is 0 Å². The number of amides is 3. The van der Waals surface area contributed by atoms with Crippen molar-refractivity contribution in [2.75, 3.05) is 6.54 Å². The van der Waals surface area contributed by atoms with Crippen LogP contribution in [0, 0.1) is 27.7 Å². The highest BCUT2D eigenvalue weighted by atomic mass is 16.3. The summed E-state index contributed by atoms with van der Waals surface area (Å²) in [5.74, 6) is 0.487. The fraction of sp³-hybridized carbons (Fsp3) is 0.320. The molecule has 1 aliphatic rings. The van der Waals surface area contributed by atoms with Gasteiger partial charge in [0.2, 0.25) is 0 Å². The first-order valence-corrected chi connectivity index (χ1v) is 10.6. The van der Waals surface area contributed by atoms with Gasteiger partial charge in [-0.2, -0.15) is 0 Å². The minimum Gasteiger partial charge on any atom is -0.466 e. The molecule has 1 atom stereocenters. The van der Waals surface area contributed by atoms with E-state index in [1.807, 2.05) is 50.2 Å². The molecule has 0 saturated carbocycles. The van der Waals surface area contributed by atoms with Gasteiger partial charge in [-0.15, -0.1) is 0 Å². The van der Waals surface area contributed by atoms with Gasteiger partial charge in [-0.05, 0) is 52.3 Å². The number of imide groups is 1. The first kappa shape index (κ1) is 21.6. The molecule has 1 saturated heterocycles. The number of aryl methyl sites for hydroxylation is 3. The quantitative estimate of drug-likeness (QED) is 0.470. The van der Waals surface area contributed by atoms with E-state index in [1.54, 1.807) is 26.8 Å². The fourth-order valence-corrected chi connectivity index (χ4v) is 4.47. The molecule has 3 aromatic rings. The van der Waals surface area contributed by atoms with E-state index in [-0.39, 0.29) is 12.3 Å². The molecule has 32 heavy (non-hydrogen) atoms. The molecule has 1 unspecified atom stereocenters. The first-order valence-electron chi connectivity index (χ1n) is 10.6. The van der Waals surface area contributed by atoms with Gasteiger partial charge < -0.3 is 14.3 Å². The van der Waals surface area contributed by atoms with Gasteiger partial charge >= 0.3 is 6.03 Å². The molecule has 1 N–H and O–H groups in total. The minimum atomic E-state index is -1.26. The van der Waals surface area contributed by atoms with Crippen LogP contribution in [0.25, 0.3) is 0 Å². The Morgan fingerprint density at radius 3 is 2.38 bits per heavy atom. The zero-order valence-electron chi connectivity index (χ0n) is 19.0. The second-order valence-corrected chi connectivity index (χ2v) is 8.55. The lowest BCUT2D eigenvalue weighted by molar-refractivity contribution is -0.130. The summed E-state index contributed by atoms with van der Waals surface area (Å²) in [6.07, 6.45) is 0. The summed E-state index contributed by atoms with van der Waals surface area (Å²) in [7, 11) is 0. The lowest BCUT2D eigenvalue weighted by Crippen LogP contribution is -2.41. The normalized spacial score (nSPS) is 18.3. The number of rotatable bonds is 6. The third-order valence-electron chi connectivity index (χ3n) is 6.21. The lowest BCUT2D eigenvalue weighted by Gasteiger charge is -2.21. The molecule has 2 aromatic heterocycles. The molecule has 0 aliphatic carbocycles. The van der Waals surface area contributed by atoms with Gasteiger partial charge in [0, 0.05) is 29.1 Å². The maximum Gasteiger partial charge on any atom is 0.325 e. The van der Waals surface area contributed by atoms with E-state index in [2.05, 4.69) is 9.88 Å². The van der Waals surface area contributed by atoms with E-state index in [9.17, 15) is 14.4 Å². The molecular formula is C25H27N3O4. The SMILES string of the molecule is Cc1cc(C2(C)NC(=O)N(CC(=O)c3cc(C)n(Cc4ccccc4)c3C)C2=O)c(C)o1. The largest absolute Gasteiger partial charge is 0.466 e. The van der Waals surface area contributed by atoms with Gasteiger partial charge in [0.25, 0.3) is 5.91 Å². The van der Waals surface area contributed by atoms with Crippen LogP contribution in [-0.2, 0) is 16.9 Å². The van der Waals surface area contributed by atoms with Crippen molar-refractivity contribution in [3.05, 3.63) is 82.1 Å². The Kier molecular flexibility index (Phi) is 5.28. The monoisotopic (exact) mass is 433 g/mol. The number of Topliss-reactive ketones (excluding diaryl/α,β-unsaturated/α-hetero) is 1. The van der Waals surface area contributed by atoms with Gasteiger partial charge in [0.05, 0.1) is 6.54 Å². The molecule has 0 radical (unpaired) electrons. The molecule has 1 fully saturated rings. The molecular weight excluding hydrogens is 406 g/mol. The molecule has 1 aliphatic heterocycles. The molecule has 3 amide bonds. The van der Waals surface area contributed by atoms with Gasteiger partial charge in [-0.1, -0.05) is 30.3 Å². The molecule has 1 aromatic carbocycles. The highest BCUT2D eigenvalue weighted by Gasteiger charge is 2.51. The number of ketones is 1. The number of hydrogen-bond donors (Lipinski definition) is 1. The van der Waals surface area contributed by atoms with Gasteiger partial charge in [-0.25, -0.2) is 4.79 Å². The number of furan rings is 1. The van der Waals surface area contributed by atoms with Crippen LogP contribution in [0.2, 0.25) is 0 Å². The van der Waals surface area contributed by atoms with Crippen LogP contribution < -0.4 is 5.32 Å². The molecule has 0 bridgehead atoms. The molecule has 4 rings (SSSR count). The van der Waals surface area contributed by atoms with Crippen LogP contribution in [0.3, 0.4) is 0 Å². The number of carbonyl (C=O) groups is 3. The number of hydrogen-bond acceptors (Lipinski definition) is 4. The van der Waals surface area contributed by atoms with Crippen molar-refractivity contribution in [2.24, 2.45) is 0 Å². The number of aromatic nitrogens is 1. The van der Waals surface area contributed by atoms with E-state index < -0.39 is 17.5 Å². The van der Waals surface area contributed by atoms with Crippen LogP contribution in [0.15, 0.2) is 46.9 Å². The standard InChI is InChI=1S/C25H27N3O4/c1-15-11-20(17(3)27(15)13-19-9-7-6-8-10-19)22(29)14-28-23(30)25(5,26-24(28)31)21-12-16(2)32-18(21)4/h6-12H,13-14H2,1-5H3,(H,26,31). The van der Waals surface area contributed by atoms with Crippen molar-refractivity contribution < 1.29 is 18.8 Å². The predicted molar refractivity (Wildman–Crippen MR) is 120 cm³/mol. The number of benzene rings is 1. The van der Waals surface area contributed by atoms with E-state index in [0.29, 0.717) is 29.2 Å². The Morgan fingerprint density at radius 1 is 1.06 bits per heavy atom. The second-order valence-electron chi connectivity index (χ2n) is 8.55. The maximum atomic E-state index is 13.2. The average Bonchev–Trinajstić information content (AvgIpc) is 3.31. The summed E-state index contributed by atoms with van der Waals surface area (Å²) in [6, 6.07) is 13.0. The smallest absolute Gasteiger partial charge is 0.325 e. The Bertz CT molecular complexity index is 1220. The van der Waals surface area contributed by atoms with Crippen LogP contribution in [0.1, 0.15) is 51.3 Å². The Morgan fingerprint density at radius 2 is 1.75 bits per heavy atom. The molecule has 166 valence electrons. The zero-order chi connectivity index (χ0) is 23.2. The fourth-order valence-electron chi connectivity index (χ4n) is 4.47. The summed E-state index contributed by atoms with van der Waals surface area (Å²) in [5, 5.41) is 2.74. The topological polar surface area (TPSA) is 84.5 Å². The number of nitrogens with zero attached hydrogens (tertiary/aromatic N) is 2. The van der Waals surface area contributed by atoms with E-state index in [0.717, 1.165) is 21.9 Å². The highest BCUT2D eigenvalue weighted by Crippen LogP contribution is 2.33. The van der Waals surface area contributed by atoms with Gasteiger partial charge in [0.1, 0.15) is 17.1 Å². The summed E-state index contributed by atoms with van der Waals surface area (Å²) < 4.78 is 7.62. The van der Waals surface area contributed by atoms with Crippen molar-refractivity contribution in [3.63, 3.8) is 0 Å².